The largest absolute Gasteiger partial charge is 0.326 e. The Labute approximate surface area is 142 Å². The van der Waals surface area contributed by atoms with Crippen LogP contribution in [-0.4, -0.2) is 28.8 Å². The number of hydrogen-bond donors (Lipinski definition) is 2. The third-order valence-corrected chi connectivity index (χ3v) is 4.57. The van der Waals surface area contributed by atoms with Crippen LogP contribution in [-0.2, 0) is 9.59 Å². The first-order valence-corrected chi connectivity index (χ1v) is 8.01. The molecule has 1 aliphatic heterocycles. The van der Waals surface area contributed by atoms with Crippen molar-refractivity contribution in [2.75, 3.05) is 11.9 Å². The van der Waals surface area contributed by atoms with E-state index < -0.39 is 5.25 Å². The number of rotatable bonds is 5. The van der Waals surface area contributed by atoms with E-state index >= 15 is 0 Å². The predicted molar refractivity (Wildman–Crippen MR) is 91.7 cm³/mol. The van der Waals surface area contributed by atoms with Crippen LogP contribution in [0.15, 0.2) is 35.8 Å². The molecule has 1 atom stereocenters. The van der Waals surface area contributed by atoms with Crippen molar-refractivity contribution in [3.63, 3.8) is 0 Å². The van der Waals surface area contributed by atoms with Crippen LogP contribution >= 0.6 is 35.0 Å². The summed E-state index contributed by atoms with van der Waals surface area (Å²) in [5.74, 6) is -0.506. The predicted octanol–water partition coefficient (Wildman–Crippen LogP) is 3.10. The quantitative estimate of drug-likeness (QED) is 0.795. The van der Waals surface area contributed by atoms with E-state index in [-0.39, 0.29) is 18.2 Å². The Balaban J connectivity index is 1.93. The molecule has 0 aliphatic carbocycles. The van der Waals surface area contributed by atoms with Gasteiger partial charge in [-0.2, -0.15) is 0 Å². The van der Waals surface area contributed by atoms with Gasteiger partial charge < -0.3 is 10.6 Å². The van der Waals surface area contributed by atoms with Gasteiger partial charge in [0.15, 0.2) is 5.17 Å². The molecule has 1 unspecified atom stereocenters. The number of nitrogens with zero attached hydrogens (tertiary/aromatic N) is 1. The SMILES string of the molecule is C=CCN=C1NC(=O)C(CC(=O)Nc2ccc(Cl)c(Cl)c2)S1. The monoisotopic (exact) mass is 357 g/mol. The van der Waals surface area contributed by atoms with E-state index in [9.17, 15) is 9.59 Å². The molecular formula is C14H13Cl2N3O2S. The van der Waals surface area contributed by atoms with E-state index in [1.165, 1.54) is 11.8 Å². The van der Waals surface area contributed by atoms with Crippen molar-refractivity contribution in [3.8, 4) is 0 Å². The molecule has 2 N–H and O–H groups in total. The molecule has 0 saturated carbocycles. The first-order valence-electron chi connectivity index (χ1n) is 6.37. The standard InChI is InChI=1S/C14H13Cl2N3O2S/c1-2-5-17-14-19-13(21)11(22-14)7-12(20)18-8-3-4-9(15)10(16)6-8/h2-4,6,11H,1,5,7H2,(H,18,20)(H,17,19,21). The van der Waals surface area contributed by atoms with E-state index in [4.69, 9.17) is 23.2 Å². The van der Waals surface area contributed by atoms with Crippen LogP contribution in [0.2, 0.25) is 10.0 Å². The number of nitrogens with one attached hydrogen (secondary N) is 2. The topological polar surface area (TPSA) is 70.6 Å². The van der Waals surface area contributed by atoms with Gasteiger partial charge in [0, 0.05) is 12.1 Å². The summed E-state index contributed by atoms with van der Waals surface area (Å²) in [5, 5.41) is 6.10. The molecule has 1 aromatic rings. The zero-order chi connectivity index (χ0) is 16.1. The Bertz CT molecular complexity index is 649. The molecule has 0 spiro atoms. The number of carbonyl (C=O) groups excluding carboxylic acids is 2. The second-order valence-corrected chi connectivity index (χ2v) is 6.42. The number of halogens is 2. The highest BCUT2D eigenvalue weighted by Crippen LogP contribution is 2.26. The van der Waals surface area contributed by atoms with Crippen LogP contribution in [0.1, 0.15) is 6.42 Å². The Morgan fingerprint density at radius 1 is 1.45 bits per heavy atom. The first kappa shape index (κ1) is 16.9. The molecule has 5 nitrogen and oxygen atoms in total. The van der Waals surface area contributed by atoms with Crippen LogP contribution in [0.25, 0.3) is 0 Å². The number of carbonyl (C=O) groups is 2. The maximum atomic E-state index is 12.0. The summed E-state index contributed by atoms with van der Waals surface area (Å²) in [6, 6.07) is 4.79. The van der Waals surface area contributed by atoms with Crippen molar-refractivity contribution < 1.29 is 9.59 Å². The summed E-state index contributed by atoms with van der Waals surface area (Å²) in [7, 11) is 0. The summed E-state index contributed by atoms with van der Waals surface area (Å²) in [6.45, 7) is 3.98. The minimum atomic E-state index is -0.494. The van der Waals surface area contributed by atoms with Crippen molar-refractivity contribution in [2.45, 2.75) is 11.7 Å². The summed E-state index contributed by atoms with van der Waals surface area (Å²) in [5.41, 5.74) is 0.531. The molecule has 8 heteroatoms. The van der Waals surface area contributed by atoms with Gasteiger partial charge in [-0.3, -0.25) is 14.6 Å². The van der Waals surface area contributed by atoms with E-state index in [2.05, 4.69) is 22.2 Å². The maximum absolute atomic E-state index is 12.0. The highest BCUT2D eigenvalue weighted by molar-refractivity contribution is 8.15. The fraction of sp³-hybridized carbons (Fsp3) is 0.214. The molecule has 2 amide bonds. The molecule has 0 radical (unpaired) electrons. The lowest BCUT2D eigenvalue weighted by molar-refractivity contribution is -0.122. The van der Waals surface area contributed by atoms with E-state index in [1.807, 2.05) is 0 Å². The van der Waals surface area contributed by atoms with Crippen LogP contribution < -0.4 is 10.6 Å². The number of amides is 2. The normalized spacial score (nSPS) is 19.1. The molecule has 0 bridgehead atoms. The van der Waals surface area contributed by atoms with E-state index in [0.717, 1.165) is 0 Å². The van der Waals surface area contributed by atoms with E-state index in [1.54, 1.807) is 24.3 Å². The first-order chi connectivity index (χ1) is 10.5. The van der Waals surface area contributed by atoms with Gasteiger partial charge in [-0.15, -0.1) is 6.58 Å². The molecule has 1 saturated heterocycles. The summed E-state index contributed by atoms with van der Waals surface area (Å²) in [6.07, 6.45) is 1.67. The molecule has 1 aliphatic rings. The molecule has 2 rings (SSSR count). The summed E-state index contributed by atoms with van der Waals surface area (Å²) >= 11 is 12.9. The second kappa shape index (κ2) is 7.67. The average molecular weight is 358 g/mol. The van der Waals surface area contributed by atoms with Crippen LogP contribution in [0.5, 0.6) is 0 Å². The third kappa shape index (κ3) is 4.50. The molecule has 1 aromatic carbocycles. The Kier molecular flexibility index (Phi) is 5.88. The molecule has 22 heavy (non-hydrogen) atoms. The summed E-state index contributed by atoms with van der Waals surface area (Å²) < 4.78 is 0. The minimum absolute atomic E-state index is 0.0455. The number of aliphatic imine (C=N–C) groups is 1. The lowest BCUT2D eigenvalue weighted by atomic mass is 10.2. The van der Waals surface area contributed by atoms with Crippen LogP contribution in [0, 0.1) is 0 Å². The molecule has 1 fully saturated rings. The van der Waals surface area contributed by atoms with Crippen LogP contribution in [0.3, 0.4) is 0 Å². The number of hydrogen-bond acceptors (Lipinski definition) is 4. The lowest BCUT2D eigenvalue weighted by Gasteiger charge is -2.08. The Morgan fingerprint density at radius 3 is 2.91 bits per heavy atom. The maximum Gasteiger partial charge on any atom is 0.240 e. The fourth-order valence-corrected chi connectivity index (χ4v) is 2.99. The van der Waals surface area contributed by atoms with Gasteiger partial charge in [0.1, 0.15) is 5.25 Å². The zero-order valence-corrected chi connectivity index (χ0v) is 13.8. The zero-order valence-electron chi connectivity index (χ0n) is 11.4. The van der Waals surface area contributed by atoms with Gasteiger partial charge in [-0.25, -0.2) is 0 Å². The van der Waals surface area contributed by atoms with Gasteiger partial charge >= 0.3 is 0 Å². The lowest BCUT2D eigenvalue weighted by Crippen LogP contribution is -2.28. The summed E-state index contributed by atoms with van der Waals surface area (Å²) in [4.78, 5) is 27.9. The van der Waals surface area contributed by atoms with Gasteiger partial charge in [0.05, 0.1) is 16.6 Å². The van der Waals surface area contributed by atoms with Crippen LogP contribution in [0.4, 0.5) is 5.69 Å². The Hall–Kier alpha value is -1.50. The molecular weight excluding hydrogens is 345 g/mol. The van der Waals surface area contributed by atoms with Gasteiger partial charge in [-0.05, 0) is 18.2 Å². The third-order valence-electron chi connectivity index (χ3n) is 2.71. The smallest absolute Gasteiger partial charge is 0.240 e. The van der Waals surface area contributed by atoms with Crippen molar-refractivity contribution in [1.82, 2.24) is 5.32 Å². The molecule has 116 valence electrons. The number of amidine groups is 1. The number of anilines is 1. The second-order valence-electron chi connectivity index (χ2n) is 4.41. The number of benzene rings is 1. The van der Waals surface area contributed by atoms with Crippen molar-refractivity contribution >= 4 is 57.6 Å². The van der Waals surface area contributed by atoms with Gasteiger partial charge in [0.2, 0.25) is 11.8 Å². The number of thioether (sulfide) groups is 1. The highest BCUT2D eigenvalue weighted by atomic mass is 35.5. The molecule has 1 heterocycles. The van der Waals surface area contributed by atoms with E-state index in [0.29, 0.717) is 27.4 Å². The Morgan fingerprint density at radius 2 is 2.23 bits per heavy atom. The molecule has 0 aromatic heterocycles. The van der Waals surface area contributed by atoms with Gasteiger partial charge in [-0.1, -0.05) is 41.0 Å². The minimum Gasteiger partial charge on any atom is -0.326 e. The van der Waals surface area contributed by atoms with Gasteiger partial charge in [0.25, 0.3) is 0 Å². The van der Waals surface area contributed by atoms with Crippen molar-refractivity contribution in [3.05, 3.63) is 40.9 Å². The highest BCUT2D eigenvalue weighted by Gasteiger charge is 2.31. The van der Waals surface area contributed by atoms with Crippen molar-refractivity contribution in [1.29, 1.82) is 0 Å². The fourth-order valence-electron chi connectivity index (χ4n) is 1.72. The van der Waals surface area contributed by atoms with Crippen molar-refractivity contribution in [2.24, 2.45) is 4.99 Å². The average Bonchev–Trinajstić information content (AvgIpc) is 2.81.